The number of carboxylic acids is 2. The first-order chi connectivity index (χ1) is 14.7. The molecule has 2 heterocycles. The van der Waals surface area contributed by atoms with E-state index in [1.165, 1.54) is 0 Å². The van der Waals surface area contributed by atoms with Gasteiger partial charge in [-0.15, -0.1) is 0 Å². The fraction of sp³-hybridized carbons (Fsp3) is 0.250. The summed E-state index contributed by atoms with van der Waals surface area (Å²) < 4.78 is 0. The number of carboxylic acid groups (broad SMARTS) is 2. The van der Waals surface area contributed by atoms with Crippen molar-refractivity contribution in [2.24, 2.45) is 0 Å². The molecule has 0 saturated carbocycles. The molecule has 33 heavy (non-hydrogen) atoms. The van der Waals surface area contributed by atoms with Gasteiger partial charge in [-0.25, -0.2) is 4.79 Å². The molecule has 0 aliphatic carbocycles. The molecule has 7 N–H and O–H groups in total. The van der Waals surface area contributed by atoms with E-state index in [1.54, 1.807) is 30.5 Å². The third-order valence-electron chi connectivity index (χ3n) is 4.79. The summed E-state index contributed by atoms with van der Waals surface area (Å²) in [6.07, 6.45) is 2.27. The molecule has 3 aromatic rings. The number of hydrogen-bond donors (Lipinski definition) is 6. The van der Waals surface area contributed by atoms with E-state index in [-0.39, 0.29) is 89.0 Å². The molecule has 164 valence electrons. The summed E-state index contributed by atoms with van der Waals surface area (Å²) in [5, 5.41) is 20.6. The Kier molecular flexibility index (Phi) is 11.3. The Morgan fingerprint density at radius 2 is 1.76 bits per heavy atom. The number of benzene rings is 1. The molecule has 0 spiro atoms. The first-order valence-corrected chi connectivity index (χ1v) is 9.44. The van der Waals surface area contributed by atoms with Crippen LogP contribution in [0.3, 0.4) is 0 Å². The molecule has 11 nitrogen and oxygen atoms in total. The molecule has 2 radical (unpaired) electrons. The second kappa shape index (κ2) is 12.9. The van der Waals surface area contributed by atoms with Crippen LogP contribution in [0.2, 0.25) is 0 Å². The number of hydrogen-bond acceptors (Lipinski definition) is 6. The van der Waals surface area contributed by atoms with Gasteiger partial charge in [0.05, 0.1) is 5.39 Å². The van der Waals surface area contributed by atoms with Crippen LogP contribution in [0.4, 0.5) is 5.95 Å². The number of nitrogens with one attached hydrogen (secondary N) is 3. The van der Waals surface area contributed by atoms with E-state index in [0.717, 1.165) is 11.1 Å². The number of carbonyl (C=O) groups is 3. The Morgan fingerprint density at radius 3 is 2.36 bits per heavy atom. The number of anilines is 1. The topological polar surface area (TPSA) is 191 Å². The predicted octanol–water partition coefficient (Wildman–Crippen LogP) is -0.0952. The summed E-state index contributed by atoms with van der Waals surface area (Å²) >= 11 is 0. The largest absolute Gasteiger partial charge is 0.481 e. The molecule has 1 unspecified atom stereocenters. The summed E-state index contributed by atoms with van der Waals surface area (Å²) in [5.74, 6) is -3.00. The molecule has 0 aliphatic heterocycles. The van der Waals surface area contributed by atoms with E-state index in [0.29, 0.717) is 23.9 Å². The molecule has 13 heteroatoms. The maximum absolute atomic E-state index is 12.3. The third-order valence-corrected chi connectivity index (χ3v) is 4.79. The summed E-state index contributed by atoms with van der Waals surface area (Å²) in [6, 6.07) is 5.30. The van der Waals surface area contributed by atoms with Gasteiger partial charge in [-0.3, -0.25) is 19.4 Å². The molecule has 3 rings (SSSR count). The molecule has 0 saturated heterocycles. The number of carbonyl (C=O) groups excluding carboxylic acids is 1. The van der Waals surface area contributed by atoms with Crippen LogP contribution < -0.4 is 16.6 Å². The van der Waals surface area contributed by atoms with E-state index in [1.807, 2.05) is 0 Å². The SMILES string of the molecule is Nc1nc2[nH]cc(CCc3ccc(C(=O)NC(CCC(=O)O)C(=O)O)cc3)c2c(=O)[nH]1.[Na].[Na]. The van der Waals surface area contributed by atoms with Gasteiger partial charge in [0.15, 0.2) is 0 Å². The summed E-state index contributed by atoms with van der Waals surface area (Å²) in [6.45, 7) is 0. The molecular formula is C20H21N5Na2O6. The normalized spacial score (nSPS) is 11.2. The van der Waals surface area contributed by atoms with Gasteiger partial charge in [0, 0.05) is 77.3 Å². The average molecular weight is 473 g/mol. The molecule has 0 fully saturated rings. The van der Waals surface area contributed by atoms with Crippen molar-refractivity contribution in [3.8, 4) is 0 Å². The van der Waals surface area contributed by atoms with Crippen molar-refractivity contribution in [1.82, 2.24) is 20.3 Å². The average Bonchev–Trinajstić information content (AvgIpc) is 3.12. The number of fused-ring (bicyclic) bond motifs is 1. The number of aryl methyl sites for hydroxylation is 2. The molecule has 0 bridgehead atoms. The van der Waals surface area contributed by atoms with Gasteiger partial charge in [0.1, 0.15) is 11.7 Å². The number of aromatic amines is 2. The van der Waals surface area contributed by atoms with E-state index in [4.69, 9.17) is 15.9 Å². The Labute approximate surface area is 232 Å². The molecular weight excluding hydrogens is 452 g/mol. The van der Waals surface area contributed by atoms with Crippen molar-refractivity contribution in [2.75, 3.05) is 5.73 Å². The van der Waals surface area contributed by atoms with Gasteiger partial charge in [0.25, 0.3) is 11.5 Å². The summed E-state index contributed by atoms with van der Waals surface area (Å²) in [7, 11) is 0. The number of nitrogens with zero attached hydrogens (tertiary/aromatic N) is 1. The van der Waals surface area contributed by atoms with Gasteiger partial charge in [-0.05, 0) is 42.5 Å². The van der Waals surface area contributed by atoms with Crippen molar-refractivity contribution in [3.05, 3.63) is 57.5 Å². The number of aliphatic carboxylic acids is 2. The zero-order valence-corrected chi connectivity index (χ0v) is 22.3. The Hall–Kier alpha value is -2.15. The quantitative estimate of drug-likeness (QED) is 0.232. The fourth-order valence-corrected chi connectivity index (χ4v) is 3.19. The first-order valence-electron chi connectivity index (χ1n) is 9.44. The number of aromatic nitrogens is 3. The second-order valence-electron chi connectivity index (χ2n) is 6.98. The van der Waals surface area contributed by atoms with E-state index in [2.05, 4.69) is 20.3 Å². The summed E-state index contributed by atoms with van der Waals surface area (Å²) in [4.78, 5) is 55.7. The molecule has 1 aromatic carbocycles. The zero-order chi connectivity index (χ0) is 22.5. The number of nitrogen functional groups attached to an aromatic ring is 1. The molecule has 2 aromatic heterocycles. The van der Waals surface area contributed by atoms with E-state index < -0.39 is 23.9 Å². The zero-order valence-electron chi connectivity index (χ0n) is 18.3. The summed E-state index contributed by atoms with van der Waals surface area (Å²) in [5.41, 5.74) is 7.59. The fourth-order valence-electron chi connectivity index (χ4n) is 3.19. The number of H-pyrrole nitrogens is 2. The smallest absolute Gasteiger partial charge is 0.326 e. The third kappa shape index (κ3) is 7.70. The van der Waals surface area contributed by atoms with Crippen LogP contribution in [-0.4, -0.2) is 108 Å². The van der Waals surface area contributed by atoms with Gasteiger partial charge in [-0.1, -0.05) is 12.1 Å². The van der Waals surface area contributed by atoms with E-state index in [9.17, 15) is 19.2 Å². The van der Waals surface area contributed by atoms with Crippen molar-refractivity contribution in [2.45, 2.75) is 31.7 Å². The van der Waals surface area contributed by atoms with Crippen molar-refractivity contribution >= 4 is 93.9 Å². The van der Waals surface area contributed by atoms with Gasteiger partial charge in [0.2, 0.25) is 5.95 Å². The van der Waals surface area contributed by atoms with Crippen LogP contribution in [0, 0.1) is 0 Å². The van der Waals surface area contributed by atoms with Crippen LogP contribution in [-0.2, 0) is 22.4 Å². The van der Waals surface area contributed by atoms with Crippen molar-refractivity contribution in [3.63, 3.8) is 0 Å². The minimum atomic E-state index is -1.30. The van der Waals surface area contributed by atoms with Crippen LogP contribution in [0.1, 0.15) is 34.3 Å². The van der Waals surface area contributed by atoms with Crippen molar-refractivity contribution < 1.29 is 24.6 Å². The van der Waals surface area contributed by atoms with Crippen molar-refractivity contribution in [1.29, 1.82) is 0 Å². The first kappa shape index (κ1) is 28.9. The van der Waals surface area contributed by atoms with Gasteiger partial charge < -0.3 is 26.2 Å². The molecule has 0 aliphatic rings. The van der Waals surface area contributed by atoms with Crippen LogP contribution in [0.25, 0.3) is 11.0 Å². The predicted molar refractivity (Wildman–Crippen MR) is 122 cm³/mol. The molecule has 1 atom stereocenters. The maximum Gasteiger partial charge on any atom is 0.326 e. The van der Waals surface area contributed by atoms with Gasteiger partial charge in [-0.2, -0.15) is 4.98 Å². The number of nitrogens with two attached hydrogens (primary N) is 1. The minimum Gasteiger partial charge on any atom is -0.481 e. The van der Waals surface area contributed by atoms with Crippen LogP contribution in [0.15, 0.2) is 35.3 Å². The standard InChI is InChI=1S/C20H21N5O6.2Na/c21-20-24-16-15(18(29)25-20)12(9-22-16)6-3-10-1-4-11(5-2-10)17(28)23-13(19(30)31)7-8-14(26)27;;/h1-2,4-5,9,13H,3,6-8H2,(H,23,28)(H,26,27)(H,30,31)(H4,21,22,24,25,29);;. The molecule has 1 amide bonds. The maximum atomic E-state index is 12.3. The van der Waals surface area contributed by atoms with E-state index >= 15 is 0 Å². The van der Waals surface area contributed by atoms with Gasteiger partial charge >= 0.3 is 11.9 Å². The van der Waals surface area contributed by atoms with Crippen LogP contribution >= 0.6 is 0 Å². The monoisotopic (exact) mass is 473 g/mol. The number of amides is 1. The van der Waals surface area contributed by atoms with Crippen LogP contribution in [0.5, 0.6) is 0 Å². The Morgan fingerprint density at radius 1 is 1.09 bits per heavy atom. The minimum absolute atomic E-state index is 0. The Bertz CT molecular complexity index is 1190. The second-order valence-corrected chi connectivity index (χ2v) is 6.98. The number of rotatable bonds is 9. The Balaban J connectivity index is 0.00000272.